The van der Waals surface area contributed by atoms with Crippen LogP contribution < -0.4 is 9.30 Å². The maximum Gasteiger partial charge on any atom is 0.268 e. The number of para-hydroxylation sites is 1. The fourth-order valence-corrected chi connectivity index (χ4v) is 10.5. The van der Waals surface area contributed by atoms with Gasteiger partial charge in [-0.3, -0.25) is 4.57 Å². The summed E-state index contributed by atoms with van der Waals surface area (Å²) in [6, 6.07) is 42.2. The van der Waals surface area contributed by atoms with Crippen LogP contribution in [0.15, 0.2) is 170 Å². The van der Waals surface area contributed by atoms with Crippen molar-refractivity contribution in [1.82, 2.24) is 14.1 Å². The number of nitrogens with zero attached hydrogens (tertiary/aromatic N) is 4. The van der Waals surface area contributed by atoms with Gasteiger partial charge in [0.25, 0.3) is 6.33 Å². The Kier molecular flexibility index (Phi) is 10.2. The molecular weight excluding hydrogens is 1110 g/mol. The third-order valence-electron chi connectivity index (χ3n) is 14.6. The third-order valence-corrected chi connectivity index (χ3v) is 14.6. The van der Waals surface area contributed by atoms with Gasteiger partial charge in [-0.1, -0.05) is 198 Å². The van der Waals surface area contributed by atoms with E-state index in [0.29, 0.717) is 45.0 Å². The summed E-state index contributed by atoms with van der Waals surface area (Å²) < 4.78 is 89.2. The molecule has 0 N–H and O–H groups in total. The number of rotatable bonds is 5. The van der Waals surface area contributed by atoms with E-state index in [2.05, 4.69) is 173 Å². The summed E-state index contributed by atoms with van der Waals surface area (Å²) in [5, 5.41) is 2.05. The van der Waals surface area contributed by atoms with E-state index in [1.54, 1.807) is 0 Å². The number of ether oxygens (including phenoxy) is 1. The number of fused-ring (bicyclic) bond motifs is 10. The van der Waals surface area contributed by atoms with Crippen molar-refractivity contribution in [3.63, 3.8) is 0 Å². The molecule has 0 fully saturated rings. The summed E-state index contributed by atoms with van der Waals surface area (Å²) in [5.41, 5.74) is 9.38. The van der Waals surface area contributed by atoms with Gasteiger partial charge in [0.05, 0.1) is 27.7 Å². The van der Waals surface area contributed by atoms with E-state index in [-0.39, 0.29) is 66.2 Å². The fourth-order valence-electron chi connectivity index (χ4n) is 10.5. The maximum absolute atomic E-state index is 9.95. The van der Waals surface area contributed by atoms with E-state index in [0.717, 1.165) is 61.0 Å². The standard InChI is InChI=1S/C70H64N4O.Pt/c1-67(2,3)46-30-28-44(29-31-46)45-36-58-54-24-15-13-22-52(54)53-23-14-16-25-55(53)59-38-48(69(7,8)9)39-60(70(10,11)12)65(59)73-43-72(63(37-45)66(58)73)49-20-19-21-50(41-49)75-51-32-33-57-56-26-17-18-27-61(56)74(62(57)42-51)64-40-47(34-35-71-64)68(4,5)6;/h13-40H,1-12H3;/q-2;/i13D,14D,15D,16D,22D,23D,24D,25D;. The molecule has 4 heterocycles. The first-order valence-corrected chi connectivity index (χ1v) is 25.7. The Morgan fingerprint density at radius 3 is 1.80 bits per heavy atom. The number of imidazole rings is 1. The summed E-state index contributed by atoms with van der Waals surface area (Å²) in [5.74, 6) is 1.61. The summed E-state index contributed by atoms with van der Waals surface area (Å²) in [6.07, 6.45) is 5.63. The monoisotopic (exact) mass is 1180 g/mol. The van der Waals surface area contributed by atoms with Gasteiger partial charge in [0, 0.05) is 44.3 Å². The maximum atomic E-state index is 9.95. The van der Waals surface area contributed by atoms with Crippen LogP contribution in [-0.4, -0.2) is 14.1 Å². The molecule has 8 aromatic carbocycles. The van der Waals surface area contributed by atoms with Crippen molar-refractivity contribution in [1.29, 1.82) is 0 Å². The largest absolute Gasteiger partial charge is 0.510 e. The quantitative estimate of drug-likeness (QED) is 0.127. The zero-order valence-corrected chi connectivity index (χ0v) is 47.3. The Hall–Kier alpha value is -7.33. The second-order valence-corrected chi connectivity index (χ2v) is 24.0. The predicted octanol–water partition coefficient (Wildman–Crippen LogP) is 17.8. The van der Waals surface area contributed by atoms with Gasteiger partial charge in [0.15, 0.2) is 0 Å². The molecule has 11 aromatic rings. The van der Waals surface area contributed by atoms with Crippen molar-refractivity contribution in [2.24, 2.45) is 0 Å². The number of pyridine rings is 1. The Balaban J connectivity index is 0.00000736. The summed E-state index contributed by atoms with van der Waals surface area (Å²) >= 11 is 0. The Labute approximate surface area is 474 Å². The third kappa shape index (κ3) is 8.81. The average molecular weight is 1180 g/mol. The molecule has 3 aromatic heterocycles. The van der Waals surface area contributed by atoms with Gasteiger partial charge < -0.3 is 13.9 Å². The number of hydrogen-bond donors (Lipinski definition) is 0. The van der Waals surface area contributed by atoms with Crippen molar-refractivity contribution in [2.75, 3.05) is 0 Å². The minimum atomic E-state index is -0.597. The molecule has 0 unspecified atom stereocenters. The van der Waals surface area contributed by atoms with E-state index in [9.17, 15) is 11.0 Å². The van der Waals surface area contributed by atoms with Crippen molar-refractivity contribution in [3.8, 4) is 73.2 Å². The first-order valence-electron chi connectivity index (χ1n) is 29.7. The van der Waals surface area contributed by atoms with E-state index < -0.39 is 47.1 Å². The van der Waals surface area contributed by atoms with Crippen LogP contribution in [0.1, 0.15) is 116 Å². The first kappa shape index (κ1) is 41.9. The summed E-state index contributed by atoms with van der Waals surface area (Å²) in [7, 11) is 0. The molecule has 5 nitrogen and oxygen atoms in total. The Morgan fingerprint density at radius 2 is 1.14 bits per heavy atom. The number of hydrogen-bond acceptors (Lipinski definition) is 2. The molecule has 12 rings (SSSR count). The molecular formula is C70H64N4OPt-2. The van der Waals surface area contributed by atoms with Crippen LogP contribution in [0.4, 0.5) is 0 Å². The average Bonchev–Trinajstić information content (AvgIpc) is 1.45. The van der Waals surface area contributed by atoms with Gasteiger partial charge in [-0.25, -0.2) is 4.98 Å². The number of benzene rings is 8. The second kappa shape index (κ2) is 18.5. The zero-order valence-electron chi connectivity index (χ0n) is 53.1. The molecule has 0 saturated carbocycles. The van der Waals surface area contributed by atoms with Crippen LogP contribution in [0, 0.1) is 18.5 Å². The molecule has 6 heteroatoms. The van der Waals surface area contributed by atoms with Crippen LogP contribution in [0.25, 0.3) is 94.5 Å². The molecule has 1 aliphatic heterocycles. The van der Waals surface area contributed by atoms with Crippen LogP contribution in [0.3, 0.4) is 0 Å². The fraction of sp³-hybridized carbons (Fsp3) is 0.229. The molecule has 0 atom stereocenters. The Morgan fingerprint density at radius 1 is 0.513 bits per heavy atom. The van der Waals surface area contributed by atoms with Gasteiger partial charge >= 0.3 is 0 Å². The first-order chi connectivity index (χ1) is 39.0. The van der Waals surface area contributed by atoms with Crippen LogP contribution in [0.2, 0.25) is 0 Å². The topological polar surface area (TPSA) is 35.9 Å². The van der Waals surface area contributed by atoms with Gasteiger partial charge in [-0.05, 0) is 124 Å². The smallest absolute Gasteiger partial charge is 0.268 e. The molecule has 0 saturated heterocycles. The van der Waals surface area contributed by atoms with Gasteiger partial charge in [-0.2, -0.15) is 18.2 Å². The normalized spacial score (nSPS) is 14.1. The van der Waals surface area contributed by atoms with Crippen LogP contribution in [0.5, 0.6) is 11.5 Å². The molecule has 0 radical (unpaired) electrons. The molecule has 0 spiro atoms. The van der Waals surface area contributed by atoms with Crippen molar-refractivity contribution in [3.05, 3.63) is 211 Å². The van der Waals surface area contributed by atoms with Gasteiger partial charge in [-0.15, -0.1) is 29.7 Å². The summed E-state index contributed by atoms with van der Waals surface area (Å²) in [4.78, 5) is 4.88. The number of aromatic nitrogens is 4. The zero-order chi connectivity index (χ0) is 59.3. The van der Waals surface area contributed by atoms with E-state index in [1.165, 1.54) is 0 Å². The molecule has 0 amide bonds. The van der Waals surface area contributed by atoms with E-state index in [4.69, 9.17) is 9.72 Å². The van der Waals surface area contributed by atoms with E-state index >= 15 is 0 Å². The van der Waals surface area contributed by atoms with Gasteiger partial charge in [0.2, 0.25) is 0 Å². The minimum absolute atomic E-state index is 0. The molecule has 382 valence electrons. The molecule has 76 heavy (non-hydrogen) atoms. The van der Waals surface area contributed by atoms with Crippen LogP contribution in [-0.2, 0) is 42.7 Å². The molecule has 0 bridgehead atoms. The predicted molar refractivity (Wildman–Crippen MR) is 310 cm³/mol. The minimum Gasteiger partial charge on any atom is -0.510 e. The molecule has 0 aliphatic carbocycles. The van der Waals surface area contributed by atoms with Crippen LogP contribution >= 0.6 is 0 Å². The summed E-state index contributed by atoms with van der Waals surface area (Å²) in [6.45, 7) is 25.7. The van der Waals surface area contributed by atoms with Crippen molar-refractivity contribution in [2.45, 2.75) is 105 Å². The van der Waals surface area contributed by atoms with Crippen molar-refractivity contribution >= 4 is 32.8 Å². The SMILES string of the molecule is [2H]c1c([2H])c([2H])c2c(c1[2H])-c1cc(C(C)(C)C)cc(C(C)(C)C)c1-[n+]1[c-]n(-c3[c-]c(Oc4[c-]c5c(cc4)c4ccccc4n5-c4cc(C(C)(C)C)ccn4)ccc3)c3cc(-c4ccc(C(C)(C)C)cc4)cc(c31)-c1c([2H])c([2H])c([2H])c([2H])c1-2.[Pt]. The molecule has 1 aliphatic rings. The van der Waals surface area contributed by atoms with E-state index in [1.807, 2.05) is 63.9 Å². The second-order valence-electron chi connectivity index (χ2n) is 24.0. The van der Waals surface area contributed by atoms with Gasteiger partial charge in [0.1, 0.15) is 5.82 Å². The Bertz CT molecular complexity index is 4550. The van der Waals surface area contributed by atoms with Crippen molar-refractivity contribution < 1.29 is 41.3 Å².